The van der Waals surface area contributed by atoms with Crippen molar-refractivity contribution in [3.8, 4) is 17.2 Å². The third kappa shape index (κ3) is 4.17. The Bertz CT molecular complexity index is 1570. The van der Waals surface area contributed by atoms with E-state index in [2.05, 4.69) is 5.32 Å². The molecule has 2 aromatic heterocycles. The van der Waals surface area contributed by atoms with Crippen molar-refractivity contribution in [3.63, 3.8) is 0 Å². The van der Waals surface area contributed by atoms with Crippen molar-refractivity contribution in [1.82, 2.24) is 4.57 Å². The number of alkyl halides is 3. The molecule has 0 bridgehead atoms. The zero-order chi connectivity index (χ0) is 24.9. The van der Waals surface area contributed by atoms with Crippen molar-refractivity contribution in [3.05, 3.63) is 87.8 Å². The molecule has 0 unspecified atom stereocenters. The summed E-state index contributed by atoms with van der Waals surface area (Å²) in [6, 6.07) is 10.6. The van der Waals surface area contributed by atoms with E-state index in [0.29, 0.717) is 5.56 Å². The minimum absolute atomic E-state index is 0.0751. The summed E-state index contributed by atoms with van der Waals surface area (Å²) in [7, 11) is 0. The number of nitrogens with zero attached hydrogens (tertiary/aromatic N) is 2. The number of furan rings is 1. The highest BCUT2D eigenvalue weighted by atomic mass is 19.4. The molecule has 1 saturated carbocycles. The zero-order valence-electron chi connectivity index (χ0n) is 17.8. The Hall–Kier alpha value is -4.39. The highest BCUT2D eigenvalue weighted by molar-refractivity contribution is 6.12. The molecule has 0 spiro atoms. The first-order chi connectivity index (χ1) is 16.7. The highest BCUT2D eigenvalue weighted by Crippen LogP contribution is 2.39. The third-order valence-corrected chi connectivity index (χ3v) is 5.72. The van der Waals surface area contributed by atoms with Gasteiger partial charge >= 0.3 is 6.18 Å². The normalized spacial score (nSPS) is 13.6. The van der Waals surface area contributed by atoms with Crippen LogP contribution in [0.5, 0.6) is 0 Å². The molecule has 10 heteroatoms. The van der Waals surface area contributed by atoms with Gasteiger partial charge in [-0.2, -0.15) is 18.4 Å². The fraction of sp³-hybridized carbons (Fsp3) is 0.160. The molecule has 1 amide bonds. The molecule has 5 rings (SSSR count). The van der Waals surface area contributed by atoms with Crippen molar-refractivity contribution in [1.29, 1.82) is 5.26 Å². The number of carbonyl (C=O) groups is 1. The average Bonchev–Trinajstić information content (AvgIpc) is 3.59. The molecule has 2 aromatic carbocycles. The van der Waals surface area contributed by atoms with Crippen molar-refractivity contribution in [2.24, 2.45) is 0 Å². The molecule has 1 fully saturated rings. The Kier molecular flexibility index (Phi) is 5.20. The van der Waals surface area contributed by atoms with Crippen LogP contribution in [0.2, 0.25) is 0 Å². The Morgan fingerprint density at radius 1 is 1.11 bits per heavy atom. The number of amides is 1. The molecule has 176 valence electrons. The lowest BCUT2D eigenvalue weighted by molar-refractivity contribution is -0.137. The van der Waals surface area contributed by atoms with Gasteiger partial charge in [0.1, 0.15) is 23.0 Å². The second-order valence-electron chi connectivity index (χ2n) is 8.17. The smallest absolute Gasteiger partial charge is 0.416 e. The first-order valence-corrected chi connectivity index (χ1v) is 10.5. The monoisotopic (exact) mass is 481 g/mol. The number of hydrogen-bond acceptors (Lipinski definition) is 4. The minimum Gasteiger partial charge on any atom is -0.450 e. The third-order valence-electron chi connectivity index (χ3n) is 5.72. The molecule has 35 heavy (non-hydrogen) atoms. The van der Waals surface area contributed by atoms with Gasteiger partial charge in [-0.1, -0.05) is 0 Å². The van der Waals surface area contributed by atoms with E-state index in [-0.39, 0.29) is 39.6 Å². The van der Waals surface area contributed by atoms with Crippen LogP contribution in [0.4, 0.5) is 23.2 Å². The lowest BCUT2D eigenvalue weighted by Gasteiger charge is -2.10. The largest absolute Gasteiger partial charge is 0.450 e. The quantitative estimate of drug-likeness (QED) is 0.369. The summed E-state index contributed by atoms with van der Waals surface area (Å²) < 4.78 is 59.8. The second kappa shape index (κ2) is 8.13. The van der Waals surface area contributed by atoms with Gasteiger partial charge in [-0.25, -0.2) is 4.39 Å². The summed E-state index contributed by atoms with van der Waals surface area (Å²) >= 11 is 0. The molecule has 1 N–H and O–H groups in total. The number of nitriles is 1. The summed E-state index contributed by atoms with van der Waals surface area (Å²) in [6.07, 6.45) is -1.50. The Morgan fingerprint density at radius 2 is 1.83 bits per heavy atom. The summed E-state index contributed by atoms with van der Waals surface area (Å²) in [5.41, 5.74) is -0.753. The maximum absolute atomic E-state index is 14.1. The van der Waals surface area contributed by atoms with Crippen LogP contribution in [0.15, 0.2) is 63.9 Å². The fourth-order valence-corrected chi connectivity index (χ4v) is 3.89. The summed E-state index contributed by atoms with van der Waals surface area (Å²) in [5, 5.41) is 12.2. The van der Waals surface area contributed by atoms with Gasteiger partial charge in [0, 0.05) is 34.4 Å². The number of fused-ring (bicyclic) bond motifs is 1. The number of halogens is 4. The number of hydrogen-bond donors (Lipinski definition) is 1. The lowest BCUT2D eigenvalue weighted by Crippen LogP contribution is -2.21. The van der Waals surface area contributed by atoms with E-state index in [4.69, 9.17) is 4.42 Å². The van der Waals surface area contributed by atoms with Gasteiger partial charge in [0.05, 0.1) is 5.56 Å². The lowest BCUT2D eigenvalue weighted by atomic mass is 10.0. The van der Waals surface area contributed by atoms with Crippen LogP contribution in [0.25, 0.3) is 22.1 Å². The predicted octanol–water partition coefficient (Wildman–Crippen LogP) is 5.88. The van der Waals surface area contributed by atoms with Crippen LogP contribution in [0.1, 0.15) is 40.6 Å². The number of benzene rings is 2. The first kappa shape index (κ1) is 22.4. The van der Waals surface area contributed by atoms with Crippen LogP contribution in [0.3, 0.4) is 0 Å². The standard InChI is InChI=1S/C25H15F4N3O3/c26-16-3-8-20-19(10-16)21(14-9-13(11-30)24(34)32(12-14)18-6-7-18)22(35-20)23(33)31-17-4-1-15(2-5-17)25(27,28)29/h1-5,8-10,12,18H,6-7H2,(H,31,33). The van der Waals surface area contributed by atoms with Gasteiger partial charge in [0.15, 0.2) is 0 Å². The zero-order valence-corrected chi connectivity index (χ0v) is 17.8. The van der Waals surface area contributed by atoms with Crippen molar-refractivity contribution in [2.45, 2.75) is 25.1 Å². The van der Waals surface area contributed by atoms with E-state index in [9.17, 15) is 32.4 Å². The maximum Gasteiger partial charge on any atom is 0.416 e. The summed E-state index contributed by atoms with van der Waals surface area (Å²) in [6.45, 7) is 0. The van der Waals surface area contributed by atoms with Crippen LogP contribution in [0, 0.1) is 17.1 Å². The number of nitrogens with one attached hydrogen (secondary N) is 1. The molecule has 0 aliphatic heterocycles. The molecular formula is C25H15F4N3O3. The van der Waals surface area contributed by atoms with Crippen molar-refractivity contribution >= 4 is 22.6 Å². The first-order valence-electron chi connectivity index (χ1n) is 10.5. The SMILES string of the molecule is N#Cc1cc(-c2c(C(=O)Nc3ccc(C(F)(F)F)cc3)oc3ccc(F)cc23)cn(C2CC2)c1=O. The Labute approximate surface area is 195 Å². The molecule has 0 atom stereocenters. The van der Waals surface area contributed by atoms with Gasteiger partial charge in [-0.3, -0.25) is 9.59 Å². The molecule has 0 radical (unpaired) electrons. The van der Waals surface area contributed by atoms with Crippen LogP contribution in [-0.4, -0.2) is 10.5 Å². The summed E-state index contributed by atoms with van der Waals surface area (Å²) in [4.78, 5) is 25.7. The van der Waals surface area contributed by atoms with Gasteiger partial charge in [-0.15, -0.1) is 0 Å². The Balaban J connectivity index is 1.63. The number of aromatic nitrogens is 1. The van der Waals surface area contributed by atoms with Crippen LogP contribution < -0.4 is 10.9 Å². The molecular weight excluding hydrogens is 466 g/mol. The van der Waals surface area contributed by atoms with E-state index in [1.165, 1.54) is 29.0 Å². The van der Waals surface area contributed by atoms with E-state index < -0.39 is 29.0 Å². The molecule has 0 saturated heterocycles. The molecule has 1 aliphatic carbocycles. The topological polar surface area (TPSA) is 88.0 Å². The van der Waals surface area contributed by atoms with Gasteiger partial charge in [0.2, 0.25) is 5.76 Å². The second-order valence-corrected chi connectivity index (χ2v) is 8.17. The number of carbonyl (C=O) groups excluding carboxylic acids is 1. The van der Waals surface area contributed by atoms with Gasteiger partial charge < -0.3 is 14.3 Å². The van der Waals surface area contributed by atoms with Crippen LogP contribution >= 0.6 is 0 Å². The van der Waals surface area contributed by atoms with Crippen LogP contribution in [-0.2, 0) is 6.18 Å². The van der Waals surface area contributed by atoms with E-state index in [1.807, 2.05) is 6.07 Å². The van der Waals surface area contributed by atoms with E-state index in [0.717, 1.165) is 43.2 Å². The van der Waals surface area contributed by atoms with E-state index in [1.54, 1.807) is 0 Å². The number of pyridine rings is 1. The predicted molar refractivity (Wildman–Crippen MR) is 118 cm³/mol. The summed E-state index contributed by atoms with van der Waals surface area (Å²) in [5.74, 6) is -1.63. The maximum atomic E-state index is 14.1. The molecule has 1 aliphatic rings. The fourth-order valence-electron chi connectivity index (χ4n) is 3.89. The molecule has 6 nitrogen and oxygen atoms in total. The molecule has 4 aromatic rings. The van der Waals surface area contributed by atoms with Crippen molar-refractivity contribution in [2.75, 3.05) is 5.32 Å². The number of anilines is 1. The van der Waals surface area contributed by atoms with Crippen molar-refractivity contribution < 1.29 is 26.8 Å². The van der Waals surface area contributed by atoms with E-state index >= 15 is 0 Å². The van der Waals surface area contributed by atoms with Gasteiger partial charge in [0.25, 0.3) is 11.5 Å². The van der Waals surface area contributed by atoms with Gasteiger partial charge in [-0.05, 0) is 61.4 Å². The Morgan fingerprint density at radius 3 is 2.46 bits per heavy atom. The average molecular weight is 481 g/mol. The minimum atomic E-state index is -4.53. The number of rotatable bonds is 4. The highest BCUT2D eigenvalue weighted by Gasteiger charge is 2.31. The molecule has 2 heterocycles.